The zero-order valence-corrected chi connectivity index (χ0v) is 19.2. The normalized spacial score (nSPS) is 15.9. The van der Waals surface area contributed by atoms with E-state index < -0.39 is 58.0 Å². The Labute approximate surface area is 192 Å². The first kappa shape index (κ1) is 25.4. The van der Waals surface area contributed by atoms with Crippen molar-refractivity contribution in [3.63, 3.8) is 0 Å². The fourth-order valence-electron chi connectivity index (χ4n) is 3.97. The lowest BCUT2D eigenvalue weighted by molar-refractivity contribution is -0.142. The molecule has 0 bridgehead atoms. The minimum Gasteiger partial charge on any atom is -0.459 e. The van der Waals surface area contributed by atoms with Gasteiger partial charge in [-0.3, -0.25) is 9.89 Å². The molecule has 6 nitrogen and oxygen atoms in total. The van der Waals surface area contributed by atoms with Crippen LogP contribution < -0.4 is 0 Å². The smallest absolute Gasteiger partial charge is 0.435 e. The van der Waals surface area contributed by atoms with Crippen molar-refractivity contribution in [2.45, 2.75) is 58.7 Å². The number of benzene rings is 1. The van der Waals surface area contributed by atoms with E-state index in [1.54, 1.807) is 20.8 Å². The Morgan fingerprint density at radius 1 is 1.21 bits per heavy atom. The molecule has 1 amide bonds. The molecule has 3 rings (SSSR count). The summed E-state index contributed by atoms with van der Waals surface area (Å²) < 4.78 is 74.3. The summed E-state index contributed by atoms with van der Waals surface area (Å²) in [4.78, 5) is 27.7. The molecule has 0 atom stereocenters. The SMILES string of the molecule is CCC1=C(C(=O)OC(C)C)c2c(C(F)(F)F)n[nH]c2C(C)(C)CN1C(=O)c1ccc(F)c(F)c1. The minimum absolute atomic E-state index is 0.00191. The fourth-order valence-corrected chi connectivity index (χ4v) is 3.97. The van der Waals surface area contributed by atoms with Crippen LogP contribution in [0.3, 0.4) is 0 Å². The average Bonchev–Trinajstić information content (AvgIpc) is 3.14. The van der Waals surface area contributed by atoms with Gasteiger partial charge in [0.15, 0.2) is 17.3 Å². The van der Waals surface area contributed by atoms with E-state index in [-0.39, 0.29) is 29.9 Å². The summed E-state index contributed by atoms with van der Waals surface area (Å²) in [7, 11) is 0. The number of amides is 1. The molecule has 2 aromatic rings. The molecular formula is C23H24F5N3O3. The third-order valence-electron chi connectivity index (χ3n) is 5.42. The highest BCUT2D eigenvalue weighted by Crippen LogP contribution is 2.44. The van der Waals surface area contributed by atoms with Crippen LogP contribution in [-0.4, -0.2) is 39.6 Å². The van der Waals surface area contributed by atoms with Crippen LogP contribution in [0.2, 0.25) is 0 Å². The maximum absolute atomic E-state index is 13.9. The van der Waals surface area contributed by atoms with Crippen LogP contribution in [0.25, 0.3) is 5.57 Å². The highest BCUT2D eigenvalue weighted by atomic mass is 19.4. The standard InChI is InChI=1S/C23H24F5N3O3/c1-6-15-16(21(33)34-11(2)3)17-18(29-30-19(17)23(26,27)28)22(4,5)10-31(15)20(32)12-7-8-13(24)14(25)9-12/h7-9,11H,6,10H2,1-5H3,(H,29,30). The number of alkyl halides is 3. The van der Waals surface area contributed by atoms with E-state index in [1.165, 1.54) is 13.8 Å². The lowest BCUT2D eigenvalue weighted by Crippen LogP contribution is -2.40. The molecule has 1 aromatic heterocycles. The maximum atomic E-state index is 13.9. The molecule has 0 spiro atoms. The molecule has 34 heavy (non-hydrogen) atoms. The van der Waals surface area contributed by atoms with Crippen molar-refractivity contribution in [1.29, 1.82) is 0 Å². The van der Waals surface area contributed by atoms with E-state index in [0.29, 0.717) is 6.07 Å². The number of hydrogen-bond acceptors (Lipinski definition) is 4. The molecule has 2 heterocycles. The van der Waals surface area contributed by atoms with E-state index in [4.69, 9.17) is 4.74 Å². The monoisotopic (exact) mass is 485 g/mol. The molecule has 1 N–H and O–H groups in total. The average molecular weight is 485 g/mol. The van der Waals surface area contributed by atoms with E-state index >= 15 is 0 Å². The van der Waals surface area contributed by atoms with E-state index in [1.807, 2.05) is 0 Å². The third-order valence-corrected chi connectivity index (χ3v) is 5.42. The summed E-state index contributed by atoms with van der Waals surface area (Å²) in [5.41, 5.74) is -3.65. The van der Waals surface area contributed by atoms with Crippen LogP contribution in [0.5, 0.6) is 0 Å². The van der Waals surface area contributed by atoms with Gasteiger partial charge < -0.3 is 9.64 Å². The Morgan fingerprint density at radius 3 is 2.38 bits per heavy atom. The van der Waals surface area contributed by atoms with Crippen molar-refractivity contribution >= 4 is 17.4 Å². The summed E-state index contributed by atoms with van der Waals surface area (Å²) in [6.45, 7) is 7.64. The summed E-state index contributed by atoms with van der Waals surface area (Å²) in [5, 5.41) is 5.85. The molecule has 0 saturated heterocycles. The number of ether oxygens (including phenoxy) is 1. The Balaban J connectivity index is 2.34. The first-order valence-electron chi connectivity index (χ1n) is 10.6. The molecule has 0 radical (unpaired) electrons. The zero-order chi connectivity index (χ0) is 25.6. The van der Waals surface area contributed by atoms with Crippen molar-refractivity contribution in [2.75, 3.05) is 6.54 Å². The number of carbonyl (C=O) groups is 2. The lowest BCUT2D eigenvalue weighted by atomic mass is 9.85. The van der Waals surface area contributed by atoms with Gasteiger partial charge in [0.1, 0.15) is 0 Å². The van der Waals surface area contributed by atoms with Crippen LogP contribution in [0.1, 0.15) is 68.3 Å². The van der Waals surface area contributed by atoms with Crippen molar-refractivity contribution in [2.24, 2.45) is 0 Å². The van der Waals surface area contributed by atoms with Crippen molar-refractivity contribution in [3.05, 3.63) is 58.0 Å². The molecular weight excluding hydrogens is 461 g/mol. The van der Waals surface area contributed by atoms with Gasteiger partial charge >= 0.3 is 12.1 Å². The Morgan fingerprint density at radius 2 is 1.85 bits per heavy atom. The van der Waals surface area contributed by atoms with Crippen LogP contribution in [0.15, 0.2) is 23.9 Å². The zero-order valence-electron chi connectivity index (χ0n) is 19.2. The lowest BCUT2D eigenvalue weighted by Gasteiger charge is -2.32. The van der Waals surface area contributed by atoms with E-state index in [0.717, 1.165) is 17.0 Å². The van der Waals surface area contributed by atoms with Gasteiger partial charge in [0.2, 0.25) is 0 Å². The number of nitrogens with zero attached hydrogens (tertiary/aromatic N) is 2. The van der Waals surface area contributed by atoms with Crippen LogP contribution in [0.4, 0.5) is 22.0 Å². The van der Waals surface area contributed by atoms with E-state index in [9.17, 15) is 31.5 Å². The topological polar surface area (TPSA) is 75.3 Å². The molecule has 1 aliphatic heterocycles. The van der Waals surface area contributed by atoms with Gasteiger partial charge in [0, 0.05) is 28.8 Å². The quantitative estimate of drug-likeness (QED) is 0.477. The van der Waals surface area contributed by atoms with Gasteiger partial charge in [0.05, 0.1) is 17.4 Å². The van der Waals surface area contributed by atoms with Gasteiger partial charge in [-0.1, -0.05) is 20.8 Å². The number of hydrogen-bond donors (Lipinski definition) is 1. The van der Waals surface area contributed by atoms with Crippen molar-refractivity contribution < 1.29 is 36.3 Å². The molecule has 1 aliphatic rings. The molecule has 0 unspecified atom stereocenters. The van der Waals surface area contributed by atoms with Gasteiger partial charge in [0.25, 0.3) is 5.91 Å². The number of halogens is 5. The fraction of sp³-hybridized carbons (Fsp3) is 0.435. The third kappa shape index (κ3) is 4.55. The molecule has 0 saturated carbocycles. The largest absolute Gasteiger partial charge is 0.459 e. The number of H-pyrrole nitrogens is 1. The predicted octanol–water partition coefficient (Wildman–Crippen LogP) is 5.21. The minimum atomic E-state index is -4.90. The van der Waals surface area contributed by atoms with Gasteiger partial charge in [-0.2, -0.15) is 18.3 Å². The highest BCUT2D eigenvalue weighted by Gasteiger charge is 2.47. The molecule has 0 fully saturated rings. The van der Waals surface area contributed by atoms with Crippen LogP contribution >= 0.6 is 0 Å². The molecule has 11 heteroatoms. The number of allylic oxidation sites excluding steroid dienone is 1. The number of aromatic amines is 1. The van der Waals surface area contributed by atoms with Crippen molar-refractivity contribution in [3.8, 4) is 0 Å². The molecule has 1 aromatic carbocycles. The number of fused-ring (bicyclic) bond motifs is 1. The second-order valence-electron chi connectivity index (χ2n) is 8.85. The van der Waals surface area contributed by atoms with Crippen LogP contribution in [0, 0.1) is 11.6 Å². The summed E-state index contributed by atoms with van der Waals surface area (Å²) >= 11 is 0. The number of carbonyl (C=O) groups excluding carboxylic acids is 2. The van der Waals surface area contributed by atoms with Gasteiger partial charge in [-0.15, -0.1) is 0 Å². The first-order chi connectivity index (χ1) is 15.7. The number of aromatic nitrogens is 2. The first-order valence-corrected chi connectivity index (χ1v) is 10.6. The van der Waals surface area contributed by atoms with E-state index in [2.05, 4.69) is 10.2 Å². The number of nitrogens with one attached hydrogen (secondary N) is 1. The second kappa shape index (κ2) is 8.84. The Hall–Kier alpha value is -3.24. The molecule has 0 aliphatic carbocycles. The summed E-state index contributed by atoms with van der Waals surface area (Å²) in [5.74, 6) is -4.27. The van der Waals surface area contributed by atoms with Gasteiger partial charge in [-0.25, -0.2) is 13.6 Å². The maximum Gasteiger partial charge on any atom is 0.435 e. The van der Waals surface area contributed by atoms with Crippen LogP contribution in [-0.2, 0) is 21.1 Å². The Kier molecular flexibility index (Phi) is 6.60. The molecule has 184 valence electrons. The Bertz CT molecular complexity index is 1170. The number of esters is 1. The summed E-state index contributed by atoms with van der Waals surface area (Å²) in [6.07, 6.45) is -5.59. The van der Waals surface area contributed by atoms with Crippen molar-refractivity contribution in [1.82, 2.24) is 15.1 Å². The predicted molar refractivity (Wildman–Crippen MR) is 112 cm³/mol. The van der Waals surface area contributed by atoms with Gasteiger partial charge in [-0.05, 0) is 38.5 Å². The number of rotatable bonds is 4. The second-order valence-corrected chi connectivity index (χ2v) is 8.85. The summed E-state index contributed by atoms with van der Waals surface area (Å²) in [6, 6.07) is 2.56. The highest BCUT2D eigenvalue weighted by molar-refractivity contribution is 6.19.